The quantitative estimate of drug-likeness (QED) is 0.830. The highest BCUT2D eigenvalue weighted by Gasteiger charge is 2.18. The maximum atomic E-state index is 11.9. The molecule has 0 radical (unpaired) electrons. The minimum atomic E-state index is -3.21. The van der Waals surface area contributed by atoms with Crippen LogP contribution in [0.3, 0.4) is 0 Å². The number of hydrogen-bond acceptors (Lipinski definition) is 2. The van der Waals surface area contributed by atoms with Crippen LogP contribution in [-0.2, 0) is 16.9 Å². The molecule has 16 heavy (non-hydrogen) atoms. The number of nitrogens with zero attached hydrogens (tertiary/aromatic N) is 1. The molecule has 0 unspecified atom stereocenters. The molecule has 2 aromatic rings. The van der Waals surface area contributed by atoms with Gasteiger partial charge >= 0.3 is 0 Å². The van der Waals surface area contributed by atoms with E-state index in [0.29, 0.717) is 15.4 Å². The molecule has 0 saturated heterocycles. The van der Waals surface area contributed by atoms with E-state index in [2.05, 4.69) is 0 Å². The summed E-state index contributed by atoms with van der Waals surface area (Å²) in [4.78, 5) is 0.349. The van der Waals surface area contributed by atoms with Crippen molar-refractivity contribution in [2.45, 2.75) is 11.8 Å². The molecular formula is C11H12ClNO2S. The number of rotatable bonds is 2. The van der Waals surface area contributed by atoms with E-state index >= 15 is 0 Å². The molecule has 1 heterocycles. The van der Waals surface area contributed by atoms with Crippen LogP contribution in [0.5, 0.6) is 0 Å². The number of sulfone groups is 1. The topological polar surface area (TPSA) is 39.1 Å². The largest absolute Gasteiger partial charge is 0.348 e. The molecule has 5 heteroatoms. The fourth-order valence-electron chi connectivity index (χ4n) is 1.79. The van der Waals surface area contributed by atoms with E-state index in [1.807, 2.05) is 6.07 Å². The lowest BCUT2D eigenvalue weighted by Crippen LogP contribution is -2.05. The number of fused-ring (bicyclic) bond motifs is 1. The minimum absolute atomic E-state index is 0.0922. The molecule has 0 fully saturated rings. The Morgan fingerprint density at radius 3 is 2.69 bits per heavy atom. The summed E-state index contributed by atoms with van der Waals surface area (Å²) in [5, 5.41) is 1.35. The maximum absolute atomic E-state index is 11.9. The zero-order valence-electron chi connectivity index (χ0n) is 9.07. The zero-order chi connectivity index (χ0) is 11.9. The van der Waals surface area contributed by atoms with Gasteiger partial charge in [0.25, 0.3) is 0 Å². The van der Waals surface area contributed by atoms with E-state index in [-0.39, 0.29) is 5.75 Å². The van der Waals surface area contributed by atoms with Crippen molar-refractivity contribution in [1.29, 1.82) is 0 Å². The lowest BCUT2D eigenvalue weighted by molar-refractivity contribution is 0.597. The van der Waals surface area contributed by atoms with Crippen LogP contribution in [0.25, 0.3) is 10.9 Å². The van der Waals surface area contributed by atoms with Crippen molar-refractivity contribution in [3.8, 4) is 0 Å². The Kier molecular flexibility index (Phi) is 2.72. The van der Waals surface area contributed by atoms with Crippen molar-refractivity contribution in [3.05, 3.63) is 29.4 Å². The van der Waals surface area contributed by atoms with E-state index < -0.39 is 9.84 Å². The SMILES string of the molecule is CCS(=O)(=O)c1cccc2c(Cl)cn(C)c12. The first-order chi connectivity index (χ1) is 7.47. The molecule has 1 aromatic carbocycles. The molecule has 3 nitrogen and oxygen atoms in total. The highest BCUT2D eigenvalue weighted by atomic mass is 35.5. The fourth-order valence-corrected chi connectivity index (χ4v) is 3.23. The summed E-state index contributed by atoms with van der Waals surface area (Å²) in [6.07, 6.45) is 1.72. The summed E-state index contributed by atoms with van der Waals surface area (Å²) in [7, 11) is -1.42. The van der Waals surface area contributed by atoms with Crippen molar-refractivity contribution >= 4 is 32.3 Å². The van der Waals surface area contributed by atoms with Gasteiger partial charge in [-0.25, -0.2) is 8.42 Å². The lowest BCUT2D eigenvalue weighted by atomic mass is 10.2. The van der Waals surface area contributed by atoms with E-state index in [1.165, 1.54) is 0 Å². The van der Waals surface area contributed by atoms with Gasteiger partial charge < -0.3 is 4.57 Å². The predicted molar refractivity (Wildman–Crippen MR) is 65.7 cm³/mol. The van der Waals surface area contributed by atoms with Gasteiger partial charge in [0.05, 0.1) is 21.2 Å². The smallest absolute Gasteiger partial charge is 0.180 e. The molecule has 0 atom stereocenters. The summed E-state index contributed by atoms with van der Waals surface area (Å²) in [6.45, 7) is 1.64. The lowest BCUT2D eigenvalue weighted by Gasteiger charge is -2.05. The molecule has 0 spiro atoms. The van der Waals surface area contributed by atoms with Gasteiger partial charge in [0.15, 0.2) is 9.84 Å². The molecule has 0 aliphatic carbocycles. The Balaban J connectivity index is 2.92. The maximum Gasteiger partial charge on any atom is 0.180 e. The standard InChI is InChI=1S/C11H12ClNO2S/c1-3-16(14,15)10-6-4-5-8-9(12)7-13(2)11(8)10/h4-7H,3H2,1-2H3. The summed E-state index contributed by atoms with van der Waals surface area (Å²) in [5.41, 5.74) is 0.675. The van der Waals surface area contributed by atoms with E-state index in [9.17, 15) is 8.42 Å². The van der Waals surface area contributed by atoms with Gasteiger partial charge in [0.1, 0.15) is 0 Å². The van der Waals surface area contributed by atoms with E-state index in [1.54, 1.807) is 36.9 Å². The monoisotopic (exact) mass is 257 g/mol. The molecule has 1 aromatic heterocycles. The molecule has 0 N–H and O–H groups in total. The molecule has 0 saturated carbocycles. The Labute approximate surface area is 99.6 Å². The number of aromatic nitrogens is 1. The van der Waals surface area contributed by atoms with Crippen molar-refractivity contribution < 1.29 is 8.42 Å². The average molecular weight is 258 g/mol. The van der Waals surface area contributed by atoms with E-state index in [0.717, 1.165) is 5.39 Å². The van der Waals surface area contributed by atoms with Gasteiger partial charge in [-0.1, -0.05) is 30.7 Å². The predicted octanol–water partition coefficient (Wildman–Crippen LogP) is 2.63. The van der Waals surface area contributed by atoms with Crippen LogP contribution in [0.4, 0.5) is 0 Å². The Bertz CT molecular complexity index is 643. The van der Waals surface area contributed by atoms with Crippen molar-refractivity contribution in [3.63, 3.8) is 0 Å². The third-order valence-corrected chi connectivity index (χ3v) is 4.69. The van der Waals surface area contributed by atoms with Crippen LogP contribution in [0.2, 0.25) is 5.02 Å². The van der Waals surface area contributed by atoms with Gasteiger partial charge in [-0.2, -0.15) is 0 Å². The van der Waals surface area contributed by atoms with Crippen LogP contribution < -0.4 is 0 Å². The van der Waals surface area contributed by atoms with Gasteiger partial charge in [0, 0.05) is 18.6 Å². The van der Waals surface area contributed by atoms with Gasteiger partial charge in [-0.3, -0.25) is 0 Å². The average Bonchev–Trinajstić information content (AvgIpc) is 2.55. The van der Waals surface area contributed by atoms with Gasteiger partial charge in [-0.15, -0.1) is 0 Å². The molecule has 0 bridgehead atoms. The Morgan fingerprint density at radius 2 is 2.06 bits per heavy atom. The summed E-state index contributed by atoms with van der Waals surface area (Å²) in [6, 6.07) is 5.17. The first-order valence-electron chi connectivity index (χ1n) is 4.93. The zero-order valence-corrected chi connectivity index (χ0v) is 10.6. The minimum Gasteiger partial charge on any atom is -0.348 e. The molecule has 0 amide bonds. The third kappa shape index (κ3) is 1.62. The number of aryl methyl sites for hydroxylation is 1. The molecule has 0 aliphatic rings. The van der Waals surface area contributed by atoms with Crippen molar-refractivity contribution in [2.24, 2.45) is 7.05 Å². The highest BCUT2D eigenvalue weighted by Crippen LogP contribution is 2.30. The van der Waals surface area contributed by atoms with E-state index in [4.69, 9.17) is 11.6 Å². The first-order valence-corrected chi connectivity index (χ1v) is 6.96. The summed E-state index contributed by atoms with van der Waals surface area (Å²) in [5.74, 6) is 0.0922. The Hall–Kier alpha value is -1.00. The van der Waals surface area contributed by atoms with Crippen LogP contribution in [0.1, 0.15) is 6.92 Å². The second kappa shape index (κ2) is 3.79. The number of benzene rings is 1. The molecule has 86 valence electrons. The molecular weight excluding hydrogens is 246 g/mol. The van der Waals surface area contributed by atoms with Crippen LogP contribution in [0, 0.1) is 0 Å². The summed E-state index contributed by atoms with van der Waals surface area (Å²) < 4.78 is 25.6. The van der Waals surface area contributed by atoms with Crippen molar-refractivity contribution in [1.82, 2.24) is 4.57 Å². The van der Waals surface area contributed by atoms with Crippen LogP contribution in [-0.4, -0.2) is 18.7 Å². The fraction of sp³-hybridized carbons (Fsp3) is 0.273. The first kappa shape index (κ1) is 11.5. The highest BCUT2D eigenvalue weighted by molar-refractivity contribution is 7.91. The second-order valence-corrected chi connectivity index (χ2v) is 6.30. The molecule has 2 rings (SSSR count). The second-order valence-electron chi connectivity index (χ2n) is 3.64. The number of hydrogen-bond donors (Lipinski definition) is 0. The van der Waals surface area contributed by atoms with Crippen LogP contribution in [0.15, 0.2) is 29.3 Å². The third-order valence-electron chi connectivity index (χ3n) is 2.63. The molecule has 0 aliphatic heterocycles. The summed E-state index contributed by atoms with van der Waals surface area (Å²) >= 11 is 6.03. The number of para-hydroxylation sites is 1. The van der Waals surface area contributed by atoms with Crippen molar-refractivity contribution in [2.75, 3.05) is 5.75 Å². The van der Waals surface area contributed by atoms with Gasteiger partial charge in [0.2, 0.25) is 0 Å². The normalized spacial score (nSPS) is 12.2. The number of halogens is 1. The Morgan fingerprint density at radius 1 is 1.38 bits per heavy atom. The van der Waals surface area contributed by atoms with Crippen LogP contribution >= 0.6 is 11.6 Å². The van der Waals surface area contributed by atoms with Gasteiger partial charge in [-0.05, 0) is 6.07 Å².